The van der Waals surface area contributed by atoms with Gasteiger partial charge in [0.25, 0.3) is 10.0 Å². The highest BCUT2D eigenvalue weighted by Gasteiger charge is 2.29. The van der Waals surface area contributed by atoms with Crippen LogP contribution < -0.4 is 4.72 Å². The molecule has 2 rings (SSSR count). The van der Waals surface area contributed by atoms with Gasteiger partial charge in [0.1, 0.15) is 4.21 Å². The number of carboxylic acid groups (broad SMARTS) is 1. The third kappa shape index (κ3) is 2.82. The van der Waals surface area contributed by atoms with E-state index in [1.54, 1.807) is 17.5 Å². The van der Waals surface area contributed by atoms with Crippen LogP contribution in [-0.4, -0.2) is 25.5 Å². The first kappa shape index (κ1) is 13.7. The van der Waals surface area contributed by atoms with Crippen molar-refractivity contribution in [2.45, 2.75) is 16.7 Å². The topological polar surface area (TPSA) is 83.5 Å². The van der Waals surface area contributed by atoms with Gasteiger partial charge in [0.05, 0.1) is 5.92 Å². The molecule has 1 aromatic rings. The van der Waals surface area contributed by atoms with Gasteiger partial charge in [0.2, 0.25) is 0 Å². The van der Waals surface area contributed by atoms with Crippen LogP contribution in [0.1, 0.15) is 6.42 Å². The first-order valence-corrected chi connectivity index (χ1v) is 8.22. The minimum atomic E-state index is -3.60. The Morgan fingerprint density at radius 1 is 1.50 bits per heavy atom. The molecule has 1 heterocycles. The van der Waals surface area contributed by atoms with Gasteiger partial charge in [-0.05, 0) is 33.8 Å². The van der Waals surface area contributed by atoms with Crippen LogP contribution in [0.25, 0.3) is 0 Å². The summed E-state index contributed by atoms with van der Waals surface area (Å²) in [6, 6.07) is 1.19. The SMILES string of the molecule is O=C(O)C1C=CC(NS(=O)(=O)c2sccc2Br)C1. The molecule has 0 radical (unpaired) electrons. The van der Waals surface area contributed by atoms with Gasteiger partial charge in [-0.25, -0.2) is 13.1 Å². The molecule has 0 saturated heterocycles. The van der Waals surface area contributed by atoms with Gasteiger partial charge in [-0.15, -0.1) is 11.3 Å². The predicted molar refractivity (Wildman–Crippen MR) is 71.0 cm³/mol. The van der Waals surface area contributed by atoms with E-state index in [0.717, 1.165) is 11.3 Å². The van der Waals surface area contributed by atoms with Gasteiger partial charge in [-0.3, -0.25) is 4.79 Å². The van der Waals surface area contributed by atoms with E-state index in [1.165, 1.54) is 6.08 Å². The summed E-state index contributed by atoms with van der Waals surface area (Å²) in [5.74, 6) is -1.56. The fraction of sp³-hybridized carbons (Fsp3) is 0.300. The van der Waals surface area contributed by atoms with Crippen molar-refractivity contribution in [3.05, 3.63) is 28.1 Å². The molecule has 1 aliphatic carbocycles. The zero-order valence-corrected chi connectivity index (χ0v) is 12.3. The van der Waals surface area contributed by atoms with E-state index in [4.69, 9.17) is 5.11 Å². The fourth-order valence-corrected chi connectivity index (χ4v) is 5.25. The Labute approximate surface area is 117 Å². The minimum Gasteiger partial charge on any atom is -0.481 e. The number of sulfonamides is 1. The van der Waals surface area contributed by atoms with Crippen molar-refractivity contribution in [1.82, 2.24) is 4.72 Å². The largest absolute Gasteiger partial charge is 0.481 e. The van der Waals surface area contributed by atoms with Crippen molar-refractivity contribution < 1.29 is 18.3 Å². The number of halogens is 1. The van der Waals surface area contributed by atoms with Gasteiger partial charge in [-0.1, -0.05) is 12.2 Å². The van der Waals surface area contributed by atoms with Crippen LogP contribution in [0.2, 0.25) is 0 Å². The maximum absolute atomic E-state index is 12.0. The van der Waals surface area contributed by atoms with E-state index in [2.05, 4.69) is 20.7 Å². The molecule has 0 aromatic carbocycles. The van der Waals surface area contributed by atoms with Gasteiger partial charge in [0, 0.05) is 10.5 Å². The Balaban J connectivity index is 2.10. The lowest BCUT2D eigenvalue weighted by Crippen LogP contribution is -2.33. The molecular weight excluding hydrogens is 342 g/mol. The van der Waals surface area contributed by atoms with E-state index in [1.807, 2.05) is 0 Å². The predicted octanol–water partition coefficient (Wildman–Crippen LogP) is 1.82. The standard InChI is InChI=1S/C10H10BrNO4S2/c11-8-3-4-17-10(8)18(15,16)12-7-2-1-6(5-7)9(13)14/h1-4,6-7,12H,5H2,(H,13,14). The van der Waals surface area contributed by atoms with Crippen molar-refractivity contribution in [2.24, 2.45) is 5.92 Å². The molecule has 98 valence electrons. The number of hydrogen-bond acceptors (Lipinski definition) is 4. The first-order chi connectivity index (χ1) is 8.40. The quantitative estimate of drug-likeness (QED) is 0.810. The van der Waals surface area contributed by atoms with Crippen molar-refractivity contribution in [2.75, 3.05) is 0 Å². The molecule has 0 amide bonds. The number of carboxylic acids is 1. The molecule has 2 atom stereocenters. The molecule has 0 bridgehead atoms. The summed E-state index contributed by atoms with van der Waals surface area (Å²) in [5, 5.41) is 10.5. The Hall–Kier alpha value is -0.700. The van der Waals surface area contributed by atoms with E-state index in [9.17, 15) is 13.2 Å². The lowest BCUT2D eigenvalue weighted by molar-refractivity contribution is -0.140. The van der Waals surface area contributed by atoms with Crippen LogP contribution in [0, 0.1) is 5.92 Å². The fourth-order valence-electron chi connectivity index (χ4n) is 1.69. The molecule has 8 heteroatoms. The molecule has 0 saturated carbocycles. The second kappa shape index (κ2) is 5.12. The molecule has 0 spiro atoms. The van der Waals surface area contributed by atoms with Crippen LogP contribution >= 0.6 is 27.3 Å². The lowest BCUT2D eigenvalue weighted by atomic mass is 10.1. The summed E-state index contributed by atoms with van der Waals surface area (Å²) >= 11 is 4.27. The summed E-state index contributed by atoms with van der Waals surface area (Å²) in [6.07, 6.45) is 3.34. The third-order valence-corrected chi connectivity index (χ3v) is 6.70. The Morgan fingerprint density at radius 2 is 2.22 bits per heavy atom. The van der Waals surface area contributed by atoms with E-state index in [-0.39, 0.29) is 10.6 Å². The highest BCUT2D eigenvalue weighted by atomic mass is 79.9. The average molecular weight is 352 g/mol. The van der Waals surface area contributed by atoms with Crippen molar-refractivity contribution in [1.29, 1.82) is 0 Å². The molecule has 2 unspecified atom stereocenters. The number of aliphatic carboxylic acids is 1. The second-order valence-electron chi connectivity index (χ2n) is 3.85. The molecule has 1 aromatic heterocycles. The maximum atomic E-state index is 12.0. The molecule has 0 fully saturated rings. The van der Waals surface area contributed by atoms with Gasteiger partial charge in [-0.2, -0.15) is 0 Å². The number of thiophene rings is 1. The van der Waals surface area contributed by atoms with Crippen LogP contribution in [0.5, 0.6) is 0 Å². The number of hydrogen-bond donors (Lipinski definition) is 2. The summed E-state index contributed by atoms with van der Waals surface area (Å²) in [4.78, 5) is 10.8. The molecule has 0 aliphatic heterocycles. The summed E-state index contributed by atoms with van der Waals surface area (Å²) in [6.45, 7) is 0. The molecular formula is C10H10BrNO4S2. The third-order valence-electron chi connectivity index (χ3n) is 2.54. The van der Waals surface area contributed by atoms with Crippen LogP contribution in [0.3, 0.4) is 0 Å². The zero-order valence-electron chi connectivity index (χ0n) is 9.04. The second-order valence-corrected chi connectivity index (χ2v) is 7.53. The monoisotopic (exact) mass is 351 g/mol. The lowest BCUT2D eigenvalue weighted by Gasteiger charge is -2.11. The number of carbonyl (C=O) groups is 1. The Kier molecular flexibility index (Phi) is 3.90. The Morgan fingerprint density at radius 3 is 2.72 bits per heavy atom. The molecule has 5 nitrogen and oxygen atoms in total. The van der Waals surface area contributed by atoms with Gasteiger partial charge < -0.3 is 5.11 Å². The van der Waals surface area contributed by atoms with Crippen molar-refractivity contribution in [3.63, 3.8) is 0 Å². The van der Waals surface area contributed by atoms with Crippen molar-refractivity contribution >= 4 is 43.3 Å². The van der Waals surface area contributed by atoms with Crippen molar-refractivity contribution in [3.8, 4) is 0 Å². The van der Waals surface area contributed by atoms with Crippen LogP contribution in [-0.2, 0) is 14.8 Å². The summed E-state index contributed by atoms with van der Waals surface area (Å²) in [7, 11) is -3.60. The molecule has 1 aliphatic rings. The van der Waals surface area contributed by atoms with E-state index >= 15 is 0 Å². The smallest absolute Gasteiger partial charge is 0.310 e. The highest BCUT2D eigenvalue weighted by Crippen LogP contribution is 2.28. The number of rotatable bonds is 4. The summed E-state index contributed by atoms with van der Waals surface area (Å²) < 4.78 is 27.3. The Bertz CT molecular complexity index is 593. The van der Waals surface area contributed by atoms with Crippen LogP contribution in [0.15, 0.2) is 32.3 Å². The zero-order chi connectivity index (χ0) is 13.3. The number of nitrogens with one attached hydrogen (secondary N) is 1. The van der Waals surface area contributed by atoms with E-state index in [0.29, 0.717) is 4.47 Å². The van der Waals surface area contributed by atoms with Gasteiger partial charge in [0.15, 0.2) is 0 Å². The maximum Gasteiger partial charge on any atom is 0.310 e. The minimum absolute atomic E-state index is 0.203. The van der Waals surface area contributed by atoms with E-state index < -0.39 is 28.0 Å². The average Bonchev–Trinajstić information content (AvgIpc) is 2.86. The molecule has 18 heavy (non-hydrogen) atoms. The highest BCUT2D eigenvalue weighted by molar-refractivity contribution is 9.10. The van der Waals surface area contributed by atoms with Gasteiger partial charge >= 0.3 is 5.97 Å². The normalized spacial score (nSPS) is 23.4. The molecule has 2 N–H and O–H groups in total. The van der Waals surface area contributed by atoms with Crippen LogP contribution in [0.4, 0.5) is 0 Å². The summed E-state index contributed by atoms with van der Waals surface area (Å²) in [5.41, 5.74) is 0. The first-order valence-electron chi connectivity index (χ1n) is 5.06.